The van der Waals surface area contributed by atoms with Crippen LogP contribution in [0.5, 0.6) is 0 Å². The minimum Gasteiger partial charge on any atom is -0.382 e. The first-order valence-corrected chi connectivity index (χ1v) is 9.16. The van der Waals surface area contributed by atoms with E-state index in [1.54, 1.807) is 22.9 Å². The van der Waals surface area contributed by atoms with E-state index in [2.05, 4.69) is 15.2 Å². The summed E-state index contributed by atoms with van der Waals surface area (Å²) in [6.45, 7) is 4.27. The molecular formula is C16H18F2IN5O. The van der Waals surface area contributed by atoms with Gasteiger partial charge in [-0.15, -0.1) is 0 Å². The molecule has 2 aliphatic heterocycles. The van der Waals surface area contributed by atoms with Gasteiger partial charge in [-0.2, -0.15) is 4.98 Å². The maximum absolute atomic E-state index is 14.9. The minimum atomic E-state index is -0.709. The van der Waals surface area contributed by atoms with Gasteiger partial charge in [0.1, 0.15) is 11.3 Å². The number of halogens is 3. The van der Waals surface area contributed by atoms with Crippen LogP contribution in [0.3, 0.4) is 0 Å². The Morgan fingerprint density at radius 3 is 2.80 bits per heavy atom. The average Bonchev–Trinajstić information content (AvgIpc) is 2.57. The third kappa shape index (κ3) is 2.50. The Kier molecular flexibility index (Phi) is 4.10. The smallest absolute Gasteiger partial charge is 0.359 e. The van der Waals surface area contributed by atoms with Crippen LogP contribution in [0.2, 0.25) is 0 Å². The van der Waals surface area contributed by atoms with Gasteiger partial charge in [0.2, 0.25) is 0 Å². The molecule has 1 aromatic heterocycles. The maximum Gasteiger partial charge on any atom is 0.359 e. The van der Waals surface area contributed by atoms with E-state index in [0.717, 1.165) is 22.3 Å². The van der Waals surface area contributed by atoms with E-state index in [0.29, 0.717) is 24.3 Å². The lowest BCUT2D eigenvalue weighted by atomic mass is 10.0. The molecule has 1 fully saturated rings. The number of fused-ring (bicyclic) bond motifs is 2. The number of rotatable bonds is 0. The van der Waals surface area contributed by atoms with Crippen molar-refractivity contribution >= 4 is 45.3 Å². The fourth-order valence-electron chi connectivity index (χ4n) is 3.76. The summed E-state index contributed by atoms with van der Waals surface area (Å²) in [5.41, 5.74) is -0.305. The highest BCUT2D eigenvalue weighted by molar-refractivity contribution is 14.1. The van der Waals surface area contributed by atoms with Gasteiger partial charge in [-0.25, -0.2) is 16.4 Å². The highest BCUT2D eigenvalue weighted by Crippen LogP contribution is 2.39. The van der Waals surface area contributed by atoms with E-state index in [9.17, 15) is 13.6 Å². The van der Waals surface area contributed by atoms with E-state index in [-0.39, 0.29) is 22.8 Å². The van der Waals surface area contributed by atoms with Crippen LogP contribution in [0.15, 0.2) is 4.79 Å². The molecule has 6 nitrogen and oxygen atoms in total. The average molecular weight is 461 g/mol. The van der Waals surface area contributed by atoms with Crippen molar-refractivity contribution in [2.24, 2.45) is 0 Å². The molecule has 1 saturated heterocycles. The molecule has 2 aliphatic rings. The zero-order valence-electron chi connectivity index (χ0n) is 13.9. The van der Waals surface area contributed by atoms with Gasteiger partial charge >= 0.3 is 5.69 Å². The molecule has 0 saturated carbocycles. The van der Waals surface area contributed by atoms with Crippen LogP contribution in [0, 0.1) is 18.6 Å². The molecule has 0 spiro atoms. The molecule has 2 aromatic rings. The summed E-state index contributed by atoms with van der Waals surface area (Å²) >= 11 is 1.73. The molecule has 25 heavy (non-hydrogen) atoms. The predicted octanol–water partition coefficient (Wildman–Crippen LogP) is 2.12. The lowest BCUT2D eigenvalue weighted by Gasteiger charge is -2.42. The monoisotopic (exact) mass is 461 g/mol. The number of hydrogen-bond acceptors (Lipinski definition) is 5. The molecule has 0 radical (unpaired) electrons. The van der Waals surface area contributed by atoms with Gasteiger partial charge < -0.3 is 15.1 Å². The van der Waals surface area contributed by atoms with Crippen LogP contribution in [-0.4, -0.2) is 51.9 Å². The third-order valence-corrected chi connectivity index (χ3v) is 5.99. The molecule has 9 heteroatoms. The van der Waals surface area contributed by atoms with Crippen LogP contribution in [-0.2, 0) is 0 Å². The van der Waals surface area contributed by atoms with Crippen molar-refractivity contribution in [3.8, 4) is 0 Å². The van der Waals surface area contributed by atoms with Gasteiger partial charge in [0, 0.05) is 37.8 Å². The molecule has 0 aliphatic carbocycles. The quantitative estimate of drug-likeness (QED) is 0.610. The first kappa shape index (κ1) is 17.0. The molecule has 1 aromatic carbocycles. The number of hydrogen-bond donors (Lipinski definition) is 1. The number of piperazine rings is 1. The zero-order chi connectivity index (χ0) is 17.9. The normalized spacial score (nSPS) is 20.8. The second-order valence-electron chi connectivity index (χ2n) is 6.68. The van der Waals surface area contributed by atoms with Gasteiger partial charge in [0.25, 0.3) is 0 Å². The third-order valence-electron chi connectivity index (χ3n) is 5.10. The number of benzene rings is 1. The SMILES string of the molecule is Cc1c(F)c2c3c(nc(=O)n(I)c3c1F)N1CCN(C)CC1CCN2. The summed E-state index contributed by atoms with van der Waals surface area (Å²) in [6.07, 6.45) is 0.788. The van der Waals surface area contributed by atoms with Crippen LogP contribution in [0.1, 0.15) is 12.0 Å². The Hall–Kier alpha value is -1.49. The van der Waals surface area contributed by atoms with Crippen molar-refractivity contribution in [1.29, 1.82) is 0 Å². The Bertz CT molecular complexity index is 931. The van der Waals surface area contributed by atoms with E-state index < -0.39 is 17.3 Å². The van der Waals surface area contributed by atoms with E-state index in [1.807, 2.05) is 11.9 Å². The van der Waals surface area contributed by atoms with Gasteiger partial charge in [0.05, 0.1) is 33.9 Å². The molecule has 1 atom stereocenters. The standard InChI is InChI=1S/C16H18F2IN5O/c1-8-11(17)13-10-14(12(8)18)24(19)16(25)21-15(10)23-6-5-22(2)7-9(23)3-4-20-13/h9,20H,3-7H2,1-2H3. The van der Waals surface area contributed by atoms with Crippen molar-refractivity contribution in [3.63, 3.8) is 0 Å². The summed E-state index contributed by atoms with van der Waals surface area (Å²) < 4.78 is 30.8. The predicted molar refractivity (Wildman–Crippen MR) is 102 cm³/mol. The molecular weight excluding hydrogens is 443 g/mol. The van der Waals surface area contributed by atoms with E-state index >= 15 is 0 Å². The zero-order valence-corrected chi connectivity index (χ0v) is 16.1. The fraction of sp³-hybridized carbons (Fsp3) is 0.500. The highest BCUT2D eigenvalue weighted by Gasteiger charge is 2.33. The van der Waals surface area contributed by atoms with Crippen molar-refractivity contribution in [3.05, 3.63) is 27.7 Å². The largest absolute Gasteiger partial charge is 0.382 e. The van der Waals surface area contributed by atoms with E-state index in [1.165, 1.54) is 6.92 Å². The lowest BCUT2D eigenvalue weighted by Crippen LogP contribution is -2.53. The minimum absolute atomic E-state index is 0.0903. The van der Waals surface area contributed by atoms with Crippen LogP contribution in [0.25, 0.3) is 10.9 Å². The number of nitrogens with zero attached hydrogens (tertiary/aromatic N) is 4. The molecule has 4 rings (SSSR count). The first-order chi connectivity index (χ1) is 11.9. The molecule has 3 heterocycles. The van der Waals surface area contributed by atoms with Crippen molar-refractivity contribution < 1.29 is 8.78 Å². The van der Waals surface area contributed by atoms with Crippen molar-refractivity contribution in [2.45, 2.75) is 19.4 Å². The van der Waals surface area contributed by atoms with Crippen LogP contribution >= 0.6 is 22.9 Å². The maximum atomic E-state index is 14.9. The van der Waals surface area contributed by atoms with Crippen molar-refractivity contribution in [1.82, 2.24) is 12.7 Å². The molecule has 1 N–H and O–H groups in total. The van der Waals surface area contributed by atoms with Gasteiger partial charge in [0.15, 0.2) is 11.6 Å². The van der Waals surface area contributed by atoms with Crippen LogP contribution in [0.4, 0.5) is 20.3 Å². The molecule has 134 valence electrons. The second kappa shape index (κ2) is 6.04. The Labute approximate surface area is 157 Å². The number of anilines is 2. The first-order valence-electron chi connectivity index (χ1n) is 8.19. The van der Waals surface area contributed by atoms with Crippen molar-refractivity contribution in [2.75, 3.05) is 43.4 Å². The lowest BCUT2D eigenvalue weighted by molar-refractivity contribution is 0.261. The van der Waals surface area contributed by atoms with Gasteiger partial charge in [-0.05, 0) is 20.4 Å². The van der Waals surface area contributed by atoms with Crippen LogP contribution < -0.4 is 15.9 Å². The highest BCUT2D eigenvalue weighted by atomic mass is 127. The number of likely N-dealkylation sites (N-methyl/N-ethyl adjacent to an activating group) is 1. The summed E-state index contributed by atoms with van der Waals surface area (Å²) in [4.78, 5) is 20.8. The summed E-state index contributed by atoms with van der Waals surface area (Å²) in [7, 11) is 2.05. The van der Waals surface area contributed by atoms with E-state index in [4.69, 9.17) is 0 Å². The molecule has 0 amide bonds. The number of aromatic nitrogens is 2. The second-order valence-corrected chi connectivity index (χ2v) is 7.64. The summed E-state index contributed by atoms with van der Waals surface area (Å²) in [6, 6.07) is 0.145. The molecule has 0 bridgehead atoms. The Morgan fingerprint density at radius 2 is 2.04 bits per heavy atom. The summed E-state index contributed by atoms with van der Waals surface area (Å²) in [5, 5.41) is 3.47. The Balaban J connectivity index is 2.10. The summed E-state index contributed by atoms with van der Waals surface area (Å²) in [5.74, 6) is -0.943. The molecule has 1 unspecified atom stereocenters. The number of nitrogens with one attached hydrogen (secondary N) is 1. The fourth-order valence-corrected chi connectivity index (χ4v) is 4.32. The van der Waals surface area contributed by atoms with Gasteiger partial charge in [-0.1, -0.05) is 0 Å². The van der Waals surface area contributed by atoms with Gasteiger partial charge in [-0.3, -0.25) is 0 Å². The topological polar surface area (TPSA) is 53.4 Å². The Morgan fingerprint density at radius 1 is 1.28 bits per heavy atom.